The second-order valence-corrected chi connectivity index (χ2v) is 6.51. The summed E-state index contributed by atoms with van der Waals surface area (Å²) in [6.07, 6.45) is 8.62. The van der Waals surface area contributed by atoms with Crippen molar-refractivity contribution in [2.75, 3.05) is 0 Å². The van der Waals surface area contributed by atoms with E-state index in [0.29, 0.717) is 5.41 Å². The zero-order chi connectivity index (χ0) is 15.3. The highest BCUT2D eigenvalue weighted by molar-refractivity contribution is 5.33. The van der Waals surface area contributed by atoms with Crippen LogP contribution in [0, 0.1) is 0 Å². The first-order valence-electron chi connectivity index (χ1n) is 8.52. The van der Waals surface area contributed by atoms with Crippen molar-refractivity contribution >= 4 is 0 Å². The van der Waals surface area contributed by atoms with Gasteiger partial charge in [-0.1, -0.05) is 50.1 Å². The van der Waals surface area contributed by atoms with Gasteiger partial charge in [0.1, 0.15) is 0 Å². The summed E-state index contributed by atoms with van der Waals surface area (Å²) in [7, 11) is 0. The van der Waals surface area contributed by atoms with E-state index >= 15 is 0 Å². The maximum atomic E-state index is 4.33. The summed E-state index contributed by atoms with van der Waals surface area (Å²) in [6, 6.07) is 15.3. The van der Waals surface area contributed by atoms with E-state index in [9.17, 15) is 0 Å². The summed E-state index contributed by atoms with van der Waals surface area (Å²) in [5.41, 5.74) is 4.52. The third-order valence-electron chi connectivity index (χ3n) is 4.79. The third kappa shape index (κ3) is 3.75. The fourth-order valence-corrected chi connectivity index (χ4v) is 3.16. The molecule has 2 nitrogen and oxygen atoms in total. The van der Waals surface area contributed by atoms with Crippen LogP contribution in [0.15, 0.2) is 48.7 Å². The van der Waals surface area contributed by atoms with Crippen molar-refractivity contribution < 1.29 is 0 Å². The van der Waals surface area contributed by atoms with Gasteiger partial charge in [0.15, 0.2) is 0 Å². The van der Waals surface area contributed by atoms with Crippen molar-refractivity contribution in [2.45, 2.75) is 57.5 Å². The highest BCUT2D eigenvalue weighted by Gasteiger charge is 2.42. The first-order valence-corrected chi connectivity index (χ1v) is 8.52. The molecule has 3 rings (SSSR count). The van der Waals surface area contributed by atoms with E-state index in [1.165, 1.54) is 37.7 Å². The Morgan fingerprint density at radius 3 is 2.50 bits per heavy atom. The third-order valence-corrected chi connectivity index (χ3v) is 4.79. The minimum Gasteiger partial charge on any atom is -0.307 e. The lowest BCUT2D eigenvalue weighted by atomic mass is 9.90. The van der Waals surface area contributed by atoms with Gasteiger partial charge in [0.25, 0.3) is 0 Å². The molecular formula is C20H26N2. The molecule has 1 fully saturated rings. The van der Waals surface area contributed by atoms with Gasteiger partial charge in [-0.3, -0.25) is 4.98 Å². The molecule has 0 atom stereocenters. The predicted octanol–water partition coefficient (Wildman–Crippen LogP) is 4.59. The molecule has 0 spiro atoms. The standard InChI is InChI=1S/C20H26N2/c1-2-3-11-20(12-13-20)18-9-7-17(8-10-18)15-21-16-19-6-4-5-14-22-19/h4-10,14,21H,2-3,11-13,15-16H2,1H3. The molecule has 0 aliphatic heterocycles. The minimum atomic E-state index is 0.524. The van der Waals surface area contributed by atoms with E-state index in [-0.39, 0.29) is 0 Å². The average molecular weight is 294 g/mol. The number of nitrogens with zero attached hydrogens (tertiary/aromatic N) is 1. The van der Waals surface area contributed by atoms with Crippen molar-refractivity contribution in [3.8, 4) is 0 Å². The molecular weight excluding hydrogens is 268 g/mol. The van der Waals surface area contributed by atoms with E-state index in [4.69, 9.17) is 0 Å². The maximum absolute atomic E-state index is 4.33. The van der Waals surface area contributed by atoms with E-state index in [1.54, 1.807) is 5.56 Å². The quantitative estimate of drug-likeness (QED) is 0.770. The molecule has 0 amide bonds. The van der Waals surface area contributed by atoms with E-state index in [0.717, 1.165) is 18.8 Å². The lowest BCUT2D eigenvalue weighted by Crippen LogP contribution is -2.14. The molecule has 2 aromatic rings. The molecule has 0 unspecified atom stereocenters. The fraction of sp³-hybridized carbons (Fsp3) is 0.450. The molecule has 1 saturated carbocycles. The summed E-state index contributed by atoms with van der Waals surface area (Å²) in [4.78, 5) is 4.33. The van der Waals surface area contributed by atoms with Gasteiger partial charge in [0.2, 0.25) is 0 Å². The number of hydrogen-bond acceptors (Lipinski definition) is 2. The van der Waals surface area contributed by atoms with Crippen molar-refractivity contribution in [3.63, 3.8) is 0 Å². The monoisotopic (exact) mass is 294 g/mol. The largest absolute Gasteiger partial charge is 0.307 e. The van der Waals surface area contributed by atoms with Gasteiger partial charge in [-0.25, -0.2) is 0 Å². The first-order chi connectivity index (χ1) is 10.8. The molecule has 1 heterocycles. The van der Waals surface area contributed by atoms with Crippen LogP contribution >= 0.6 is 0 Å². The molecule has 1 aromatic carbocycles. The van der Waals surface area contributed by atoms with Crippen LogP contribution in [-0.4, -0.2) is 4.98 Å². The number of rotatable bonds is 8. The van der Waals surface area contributed by atoms with Crippen molar-refractivity contribution in [1.29, 1.82) is 0 Å². The van der Waals surface area contributed by atoms with Crippen LogP contribution in [0.5, 0.6) is 0 Å². The zero-order valence-electron chi connectivity index (χ0n) is 13.5. The van der Waals surface area contributed by atoms with Crippen LogP contribution in [0.1, 0.15) is 55.8 Å². The Hall–Kier alpha value is -1.67. The highest BCUT2D eigenvalue weighted by atomic mass is 14.9. The second-order valence-electron chi connectivity index (χ2n) is 6.51. The van der Waals surface area contributed by atoms with Crippen LogP contribution in [-0.2, 0) is 18.5 Å². The molecule has 1 aliphatic rings. The molecule has 2 heteroatoms. The normalized spacial score (nSPS) is 15.7. The van der Waals surface area contributed by atoms with Crippen molar-refractivity contribution in [2.24, 2.45) is 0 Å². The van der Waals surface area contributed by atoms with E-state index in [1.807, 2.05) is 18.3 Å². The van der Waals surface area contributed by atoms with E-state index in [2.05, 4.69) is 47.6 Å². The summed E-state index contributed by atoms with van der Waals surface area (Å²) in [5.74, 6) is 0. The molecule has 0 saturated heterocycles. The molecule has 22 heavy (non-hydrogen) atoms. The van der Waals surface area contributed by atoms with E-state index < -0.39 is 0 Å². The lowest BCUT2D eigenvalue weighted by Gasteiger charge is -2.15. The van der Waals surface area contributed by atoms with Gasteiger partial charge in [-0.05, 0) is 47.9 Å². The van der Waals surface area contributed by atoms with Gasteiger partial charge in [0.05, 0.1) is 5.69 Å². The van der Waals surface area contributed by atoms with Gasteiger partial charge < -0.3 is 5.32 Å². The molecule has 0 bridgehead atoms. The SMILES string of the molecule is CCCCC1(c2ccc(CNCc3ccccn3)cc2)CC1. The number of unbranched alkanes of at least 4 members (excludes halogenated alkanes) is 1. The Morgan fingerprint density at radius 1 is 1.05 bits per heavy atom. The Balaban J connectivity index is 1.51. The van der Waals surface area contributed by atoms with Crippen molar-refractivity contribution in [3.05, 3.63) is 65.5 Å². The second kappa shape index (κ2) is 7.06. The number of hydrogen-bond donors (Lipinski definition) is 1. The van der Waals surface area contributed by atoms with Gasteiger partial charge in [-0.15, -0.1) is 0 Å². The van der Waals surface area contributed by atoms with Crippen LogP contribution in [0.25, 0.3) is 0 Å². The number of pyridine rings is 1. The fourth-order valence-electron chi connectivity index (χ4n) is 3.16. The van der Waals surface area contributed by atoms with Crippen LogP contribution in [0.2, 0.25) is 0 Å². The van der Waals surface area contributed by atoms with Crippen LogP contribution < -0.4 is 5.32 Å². The van der Waals surface area contributed by atoms with Crippen molar-refractivity contribution in [1.82, 2.24) is 10.3 Å². The summed E-state index contributed by atoms with van der Waals surface area (Å²) >= 11 is 0. The lowest BCUT2D eigenvalue weighted by molar-refractivity contribution is 0.575. The van der Waals surface area contributed by atoms with Crippen LogP contribution in [0.4, 0.5) is 0 Å². The highest BCUT2D eigenvalue weighted by Crippen LogP contribution is 2.51. The van der Waals surface area contributed by atoms with Gasteiger partial charge in [-0.2, -0.15) is 0 Å². The molecule has 1 N–H and O–H groups in total. The number of aromatic nitrogens is 1. The molecule has 0 radical (unpaired) electrons. The Bertz CT molecular complexity index is 570. The van der Waals surface area contributed by atoms with Gasteiger partial charge in [0, 0.05) is 19.3 Å². The Morgan fingerprint density at radius 2 is 1.86 bits per heavy atom. The average Bonchev–Trinajstić information content (AvgIpc) is 3.36. The minimum absolute atomic E-state index is 0.524. The Labute approximate surface area is 134 Å². The summed E-state index contributed by atoms with van der Waals surface area (Å²) < 4.78 is 0. The summed E-state index contributed by atoms with van der Waals surface area (Å²) in [5, 5.41) is 3.46. The first kappa shape index (κ1) is 15.2. The Kier molecular flexibility index (Phi) is 4.89. The predicted molar refractivity (Wildman–Crippen MR) is 91.7 cm³/mol. The molecule has 1 aliphatic carbocycles. The molecule has 116 valence electrons. The zero-order valence-corrected chi connectivity index (χ0v) is 13.5. The number of benzene rings is 1. The maximum Gasteiger partial charge on any atom is 0.0541 e. The van der Waals surface area contributed by atoms with Gasteiger partial charge >= 0.3 is 0 Å². The smallest absolute Gasteiger partial charge is 0.0541 e. The van der Waals surface area contributed by atoms with Crippen LogP contribution in [0.3, 0.4) is 0 Å². The number of nitrogens with one attached hydrogen (secondary N) is 1. The topological polar surface area (TPSA) is 24.9 Å². The molecule has 1 aromatic heterocycles. The summed E-state index contributed by atoms with van der Waals surface area (Å²) in [6.45, 7) is 4.01.